The van der Waals surface area contributed by atoms with Crippen molar-refractivity contribution in [2.45, 2.75) is 52.0 Å². The quantitative estimate of drug-likeness (QED) is 0.457. The molecule has 0 aliphatic heterocycles. The number of hydrogen-bond acceptors (Lipinski definition) is 3. The molecule has 1 atom stereocenters. The normalized spacial score (nSPS) is 11.7. The Balaban J connectivity index is 1.72. The second-order valence-electron chi connectivity index (χ2n) is 7.32. The van der Waals surface area contributed by atoms with Gasteiger partial charge >= 0.3 is 0 Å². The molecule has 0 aliphatic rings. The molecule has 2 aromatic carbocycles. The molecule has 0 aromatic heterocycles. The van der Waals surface area contributed by atoms with E-state index in [2.05, 4.69) is 22.9 Å². The zero-order valence-corrected chi connectivity index (χ0v) is 17.5. The number of unbranched alkanes of at least 4 members (excludes halogenated alkanes) is 4. The van der Waals surface area contributed by atoms with Crippen LogP contribution >= 0.6 is 0 Å². The number of rotatable bonds is 12. The lowest BCUT2D eigenvalue weighted by atomic mass is 10.1. The van der Waals surface area contributed by atoms with Crippen LogP contribution in [0, 0.1) is 0 Å². The van der Waals surface area contributed by atoms with Gasteiger partial charge in [-0.1, -0.05) is 62.9 Å². The lowest BCUT2D eigenvalue weighted by Crippen LogP contribution is -2.29. The summed E-state index contributed by atoms with van der Waals surface area (Å²) in [4.78, 5) is 24.4. The molecule has 156 valence electrons. The minimum Gasteiger partial charge on any atom is -0.346 e. The van der Waals surface area contributed by atoms with Gasteiger partial charge in [-0.3, -0.25) is 9.59 Å². The number of hydrogen-bond donors (Lipinski definition) is 3. The molecular formula is C24H33N3O2. The van der Waals surface area contributed by atoms with E-state index in [1.807, 2.05) is 37.3 Å². The molecule has 0 bridgehead atoms. The van der Waals surface area contributed by atoms with Crippen LogP contribution < -0.4 is 16.0 Å². The average molecular weight is 396 g/mol. The van der Waals surface area contributed by atoms with Gasteiger partial charge in [-0.15, -0.1) is 0 Å². The monoisotopic (exact) mass is 395 g/mol. The zero-order valence-electron chi connectivity index (χ0n) is 17.5. The number of amides is 2. The standard InChI is InChI=1S/C24H33N3O2/c1-3-4-5-6-10-17-25-18-23(28)27-22-15-13-21(14-16-22)24(29)26-19(2)20-11-8-7-9-12-20/h7-9,11-16,19,25H,3-6,10,17-18H2,1-2H3,(H,26,29)(H,27,28). The Bertz CT molecular complexity index is 744. The fourth-order valence-electron chi connectivity index (χ4n) is 3.07. The van der Waals surface area contributed by atoms with E-state index in [1.165, 1.54) is 25.7 Å². The van der Waals surface area contributed by atoms with E-state index in [-0.39, 0.29) is 17.9 Å². The van der Waals surface area contributed by atoms with Crippen LogP contribution in [-0.4, -0.2) is 24.9 Å². The summed E-state index contributed by atoms with van der Waals surface area (Å²) >= 11 is 0. The van der Waals surface area contributed by atoms with E-state index in [0.29, 0.717) is 17.8 Å². The summed E-state index contributed by atoms with van der Waals surface area (Å²) in [7, 11) is 0. The van der Waals surface area contributed by atoms with Crippen molar-refractivity contribution in [1.82, 2.24) is 10.6 Å². The summed E-state index contributed by atoms with van der Waals surface area (Å²) in [6, 6.07) is 16.7. The molecule has 29 heavy (non-hydrogen) atoms. The molecule has 5 nitrogen and oxygen atoms in total. The molecule has 3 N–H and O–H groups in total. The second kappa shape index (κ2) is 12.7. The predicted molar refractivity (Wildman–Crippen MR) is 119 cm³/mol. The first-order chi connectivity index (χ1) is 14.1. The van der Waals surface area contributed by atoms with Gasteiger partial charge in [0.1, 0.15) is 0 Å². The first-order valence-corrected chi connectivity index (χ1v) is 10.6. The third-order valence-electron chi connectivity index (χ3n) is 4.82. The number of benzene rings is 2. The van der Waals surface area contributed by atoms with Crippen LogP contribution in [0.3, 0.4) is 0 Å². The SMILES string of the molecule is CCCCCCCNCC(=O)Nc1ccc(C(=O)NC(C)c2ccccc2)cc1. The van der Waals surface area contributed by atoms with E-state index in [9.17, 15) is 9.59 Å². The predicted octanol–water partition coefficient (Wildman–Crippen LogP) is 4.68. The van der Waals surface area contributed by atoms with Gasteiger partial charge < -0.3 is 16.0 Å². The van der Waals surface area contributed by atoms with Gasteiger partial charge in [-0.05, 0) is 49.7 Å². The van der Waals surface area contributed by atoms with Crippen molar-refractivity contribution in [3.8, 4) is 0 Å². The Morgan fingerprint density at radius 1 is 0.897 bits per heavy atom. The fraction of sp³-hybridized carbons (Fsp3) is 0.417. The summed E-state index contributed by atoms with van der Waals surface area (Å²) in [6.45, 7) is 5.31. The topological polar surface area (TPSA) is 70.2 Å². The summed E-state index contributed by atoms with van der Waals surface area (Å²) in [5.74, 6) is -0.211. The molecule has 0 spiro atoms. The molecule has 0 radical (unpaired) electrons. The first kappa shape index (κ1) is 22.6. The number of anilines is 1. The van der Waals surface area contributed by atoms with Crippen molar-refractivity contribution in [3.05, 3.63) is 65.7 Å². The molecule has 0 saturated carbocycles. The number of nitrogens with one attached hydrogen (secondary N) is 3. The Morgan fingerprint density at radius 2 is 1.59 bits per heavy atom. The smallest absolute Gasteiger partial charge is 0.251 e. The highest BCUT2D eigenvalue weighted by atomic mass is 16.2. The van der Waals surface area contributed by atoms with E-state index in [4.69, 9.17) is 0 Å². The Labute approximate surface area is 174 Å². The van der Waals surface area contributed by atoms with Crippen LogP contribution in [0.1, 0.15) is 67.9 Å². The van der Waals surface area contributed by atoms with Gasteiger partial charge in [-0.2, -0.15) is 0 Å². The molecule has 0 fully saturated rings. The summed E-state index contributed by atoms with van der Waals surface area (Å²) < 4.78 is 0. The maximum atomic E-state index is 12.4. The van der Waals surface area contributed by atoms with Gasteiger partial charge in [0, 0.05) is 11.3 Å². The third-order valence-corrected chi connectivity index (χ3v) is 4.82. The molecule has 0 aliphatic carbocycles. The van der Waals surface area contributed by atoms with Crippen molar-refractivity contribution in [1.29, 1.82) is 0 Å². The van der Waals surface area contributed by atoms with Gasteiger partial charge in [0.25, 0.3) is 5.91 Å². The van der Waals surface area contributed by atoms with Crippen molar-refractivity contribution >= 4 is 17.5 Å². The van der Waals surface area contributed by atoms with Gasteiger partial charge in [-0.25, -0.2) is 0 Å². The van der Waals surface area contributed by atoms with Crippen molar-refractivity contribution in [3.63, 3.8) is 0 Å². The van der Waals surface area contributed by atoms with Crippen molar-refractivity contribution < 1.29 is 9.59 Å². The van der Waals surface area contributed by atoms with Gasteiger partial charge in [0.15, 0.2) is 0 Å². The molecule has 1 unspecified atom stereocenters. The van der Waals surface area contributed by atoms with Crippen LogP contribution in [-0.2, 0) is 4.79 Å². The highest BCUT2D eigenvalue weighted by Gasteiger charge is 2.11. The fourth-order valence-corrected chi connectivity index (χ4v) is 3.07. The second-order valence-corrected chi connectivity index (χ2v) is 7.32. The molecule has 2 amide bonds. The lowest BCUT2D eigenvalue weighted by molar-refractivity contribution is -0.115. The van der Waals surface area contributed by atoms with E-state index in [0.717, 1.165) is 18.5 Å². The highest BCUT2D eigenvalue weighted by Crippen LogP contribution is 2.14. The van der Waals surface area contributed by atoms with E-state index >= 15 is 0 Å². The summed E-state index contributed by atoms with van der Waals surface area (Å²) in [6.07, 6.45) is 6.07. The molecule has 2 rings (SSSR count). The minimum absolute atomic E-state index is 0.0730. The van der Waals surface area contributed by atoms with Crippen LogP contribution in [0.5, 0.6) is 0 Å². The summed E-state index contributed by atoms with van der Waals surface area (Å²) in [5.41, 5.74) is 2.31. The van der Waals surface area contributed by atoms with E-state index < -0.39 is 0 Å². The molecule has 5 heteroatoms. The van der Waals surface area contributed by atoms with E-state index in [1.54, 1.807) is 24.3 Å². The Kier molecular flexibility index (Phi) is 9.93. The molecule has 0 heterocycles. The minimum atomic E-state index is -0.135. The first-order valence-electron chi connectivity index (χ1n) is 10.6. The van der Waals surface area contributed by atoms with Gasteiger partial charge in [0.05, 0.1) is 12.6 Å². The highest BCUT2D eigenvalue weighted by molar-refractivity contribution is 5.96. The molecular weight excluding hydrogens is 362 g/mol. The van der Waals surface area contributed by atoms with Gasteiger partial charge in [0.2, 0.25) is 5.91 Å². The Hall–Kier alpha value is -2.66. The summed E-state index contributed by atoms with van der Waals surface area (Å²) in [5, 5.41) is 9.01. The maximum absolute atomic E-state index is 12.4. The third kappa shape index (κ3) is 8.48. The average Bonchev–Trinajstić information content (AvgIpc) is 2.74. The number of carbonyl (C=O) groups is 2. The lowest BCUT2D eigenvalue weighted by Gasteiger charge is -2.14. The van der Waals surface area contributed by atoms with Crippen molar-refractivity contribution in [2.24, 2.45) is 0 Å². The zero-order chi connectivity index (χ0) is 20.9. The largest absolute Gasteiger partial charge is 0.346 e. The number of carbonyl (C=O) groups excluding carboxylic acids is 2. The van der Waals surface area contributed by atoms with Crippen molar-refractivity contribution in [2.75, 3.05) is 18.4 Å². The van der Waals surface area contributed by atoms with Crippen LogP contribution in [0.15, 0.2) is 54.6 Å². The Morgan fingerprint density at radius 3 is 2.28 bits per heavy atom. The maximum Gasteiger partial charge on any atom is 0.251 e. The van der Waals surface area contributed by atoms with Crippen LogP contribution in [0.2, 0.25) is 0 Å². The van der Waals surface area contributed by atoms with Crippen LogP contribution in [0.4, 0.5) is 5.69 Å². The molecule has 2 aromatic rings. The van der Waals surface area contributed by atoms with Crippen LogP contribution in [0.25, 0.3) is 0 Å². The molecule has 0 saturated heterocycles.